The number of amides is 1. The lowest BCUT2D eigenvalue weighted by Crippen LogP contribution is -2.29. The van der Waals surface area contributed by atoms with Crippen molar-refractivity contribution in [3.05, 3.63) is 48.2 Å². The molecule has 0 radical (unpaired) electrons. The van der Waals surface area contributed by atoms with Crippen LogP contribution in [0.1, 0.15) is 35.7 Å². The molecule has 0 saturated heterocycles. The molecule has 3 aromatic rings. The molecule has 2 aromatic heterocycles. The number of aromatic amines is 2. The topological polar surface area (TPSA) is 99.6 Å². The molecule has 0 saturated carbocycles. The molecule has 108 valence electrons. The largest absolute Gasteiger partial charge is 0.399 e. The van der Waals surface area contributed by atoms with Crippen LogP contribution in [0.3, 0.4) is 0 Å². The number of nitrogens with zero attached hydrogens (tertiary/aromatic N) is 1. The first-order chi connectivity index (χ1) is 10.2. The van der Waals surface area contributed by atoms with Crippen molar-refractivity contribution < 1.29 is 4.79 Å². The van der Waals surface area contributed by atoms with Crippen LogP contribution in [0.15, 0.2) is 36.7 Å². The minimum absolute atomic E-state index is 0.135. The molecular weight excluding hydrogens is 266 g/mol. The second kappa shape index (κ2) is 5.32. The van der Waals surface area contributed by atoms with Gasteiger partial charge in [0.15, 0.2) is 0 Å². The number of anilines is 1. The third-order valence-electron chi connectivity index (χ3n) is 3.45. The van der Waals surface area contributed by atoms with Crippen molar-refractivity contribution in [2.45, 2.75) is 19.4 Å². The van der Waals surface area contributed by atoms with Crippen molar-refractivity contribution in [1.29, 1.82) is 0 Å². The summed E-state index contributed by atoms with van der Waals surface area (Å²) in [5.74, 6) is 0.597. The number of H-pyrrole nitrogens is 2. The summed E-state index contributed by atoms with van der Waals surface area (Å²) in [6, 6.07) is 7.18. The summed E-state index contributed by atoms with van der Waals surface area (Å²) in [4.78, 5) is 22.7. The normalized spacial score (nSPS) is 12.4. The van der Waals surface area contributed by atoms with Crippen molar-refractivity contribution in [2.75, 3.05) is 5.73 Å². The SMILES string of the molecule is CCC(NC(=O)c1cc2cc(N)ccc2[nH]1)c1ncc[nH]1. The monoisotopic (exact) mass is 283 g/mol. The summed E-state index contributed by atoms with van der Waals surface area (Å²) in [6.45, 7) is 2.00. The lowest BCUT2D eigenvalue weighted by Gasteiger charge is -2.13. The molecule has 3 rings (SSSR count). The van der Waals surface area contributed by atoms with E-state index in [-0.39, 0.29) is 11.9 Å². The molecule has 1 amide bonds. The van der Waals surface area contributed by atoms with Crippen molar-refractivity contribution in [1.82, 2.24) is 20.3 Å². The first-order valence-electron chi connectivity index (χ1n) is 6.85. The number of hydrogen-bond donors (Lipinski definition) is 4. The third-order valence-corrected chi connectivity index (χ3v) is 3.45. The number of fused-ring (bicyclic) bond motifs is 1. The molecule has 2 heterocycles. The van der Waals surface area contributed by atoms with Crippen LogP contribution < -0.4 is 11.1 Å². The van der Waals surface area contributed by atoms with Crippen LogP contribution in [-0.4, -0.2) is 20.9 Å². The van der Waals surface area contributed by atoms with Gasteiger partial charge in [0.25, 0.3) is 5.91 Å². The number of carbonyl (C=O) groups excluding carboxylic acids is 1. The maximum Gasteiger partial charge on any atom is 0.268 e. The van der Waals surface area contributed by atoms with Gasteiger partial charge in [0.2, 0.25) is 0 Å². The van der Waals surface area contributed by atoms with Crippen LogP contribution in [0.2, 0.25) is 0 Å². The number of rotatable bonds is 4. The molecule has 5 N–H and O–H groups in total. The summed E-state index contributed by atoms with van der Waals surface area (Å²) >= 11 is 0. The summed E-state index contributed by atoms with van der Waals surface area (Å²) in [5.41, 5.74) is 7.83. The highest BCUT2D eigenvalue weighted by Gasteiger charge is 2.17. The van der Waals surface area contributed by atoms with Gasteiger partial charge in [-0.25, -0.2) is 4.98 Å². The zero-order valence-corrected chi connectivity index (χ0v) is 11.7. The molecule has 0 fully saturated rings. The zero-order valence-electron chi connectivity index (χ0n) is 11.7. The van der Waals surface area contributed by atoms with Gasteiger partial charge in [0.05, 0.1) is 6.04 Å². The number of carbonyl (C=O) groups is 1. The summed E-state index contributed by atoms with van der Waals surface area (Å²) < 4.78 is 0. The van der Waals surface area contributed by atoms with Crippen LogP contribution >= 0.6 is 0 Å². The third kappa shape index (κ3) is 2.60. The Hall–Kier alpha value is -2.76. The van der Waals surface area contributed by atoms with Gasteiger partial charge in [0, 0.05) is 29.0 Å². The minimum Gasteiger partial charge on any atom is -0.399 e. The Bertz CT molecular complexity index is 760. The molecule has 0 aliphatic carbocycles. The smallest absolute Gasteiger partial charge is 0.268 e. The highest BCUT2D eigenvalue weighted by Crippen LogP contribution is 2.19. The molecule has 1 unspecified atom stereocenters. The average Bonchev–Trinajstić information content (AvgIpc) is 3.12. The van der Waals surface area contributed by atoms with Crippen molar-refractivity contribution in [3.8, 4) is 0 Å². The number of benzene rings is 1. The van der Waals surface area contributed by atoms with Gasteiger partial charge in [-0.2, -0.15) is 0 Å². The maximum absolute atomic E-state index is 12.3. The van der Waals surface area contributed by atoms with E-state index in [2.05, 4.69) is 20.3 Å². The van der Waals surface area contributed by atoms with E-state index in [0.717, 1.165) is 23.1 Å². The van der Waals surface area contributed by atoms with Gasteiger partial charge in [-0.15, -0.1) is 0 Å². The second-order valence-corrected chi connectivity index (χ2v) is 4.94. The van der Waals surface area contributed by atoms with E-state index in [9.17, 15) is 4.79 Å². The van der Waals surface area contributed by atoms with Gasteiger partial charge >= 0.3 is 0 Å². The predicted molar refractivity (Wildman–Crippen MR) is 81.8 cm³/mol. The van der Waals surface area contributed by atoms with Gasteiger partial charge in [-0.05, 0) is 30.7 Å². The molecular formula is C15H17N5O. The Kier molecular flexibility index (Phi) is 3.35. The number of nitrogen functional groups attached to an aromatic ring is 1. The Morgan fingerprint density at radius 3 is 3.00 bits per heavy atom. The molecule has 6 heteroatoms. The van der Waals surface area contributed by atoms with Crippen LogP contribution in [0, 0.1) is 0 Å². The van der Waals surface area contributed by atoms with E-state index in [1.54, 1.807) is 24.5 Å². The lowest BCUT2D eigenvalue weighted by molar-refractivity contribution is 0.0929. The first kappa shape index (κ1) is 13.2. The molecule has 1 aromatic carbocycles. The maximum atomic E-state index is 12.3. The summed E-state index contributed by atoms with van der Waals surface area (Å²) in [6.07, 6.45) is 4.18. The molecule has 6 nitrogen and oxygen atoms in total. The predicted octanol–water partition coefficient (Wildman–Crippen LogP) is 2.35. The first-order valence-corrected chi connectivity index (χ1v) is 6.85. The standard InChI is InChI=1S/C15H17N5O/c1-2-11(14-17-5-6-18-14)20-15(21)13-8-9-7-10(16)3-4-12(9)19-13/h3-8,11,19H,2,16H2,1H3,(H,17,18)(H,20,21). The van der Waals surface area contributed by atoms with Gasteiger partial charge in [-0.1, -0.05) is 6.92 Å². The van der Waals surface area contributed by atoms with Crippen molar-refractivity contribution in [2.24, 2.45) is 0 Å². The fraction of sp³-hybridized carbons (Fsp3) is 0.200. The average molecular weight is 283 g/mol. The lowest BCUT2D eigenvalue weighted by atomic mass is 10.2. The Morgan fingerprint density at radius 2 is 2.29 bits per heavy atom. The van der Waals surface area contributed by atoms with Crippen molar-refractivity contribution >= 4 is 22.5 Å². The van der Waals surface area contributed by atoms with Crippen LogP contribution in [0.4, 0.5) is 5.69 Å². The number of hydrogen-bond acceptors (Lipinski definition) is 3. The Labute approximate surface area is 121 Å². The van der Waals surface area contributed by atoms with Gasteiger partial charge in [-0.3, -0.25) is 4.79 Å². The van der Waals surface area contributed by atoms with E-state index >= 15 is 0 Å². The molecule has 21 heavy (non-hydrogen) atoms. The Balaban J connectivity index is 1.83. The number of imidazole rings is 1. The van der Waals surface area contributed by atoms with E-state index in [0.29, 0.717) is 11.4 Å². The van der Waals surface area contributed by atoms with E-state index in [1.165, 1.54) is 0 Å². The fourth-order valence-corrected chi connectivity index (χ4v) is 2.34. The van der Waals surface area contributed by atoms with E-state index in [4.69, 9.17) is 5.73 Å². The Morgan fingerprint density at radius 1 is 1.43 bits per heavy atom. The molecule has 0 bridgehead atoms. The molecule has 0 aliphatic rings. The van der Waals surface area contributed by atoms with E-state index in [1.807, 2.05) is 19.1 Å². The van der Waals surface area contributed by atoms with Crippen LogP contribution in [0.5, 0.6) is 0 Å². The molecule has 0 aliphatic heterocycles. The van der Waals surface area contributed by atoms with E-state index < -0.39 is 0 Å². The second-order valence-electron chi connectivity index (χ2n) is 4.94. The number of nitrogens with one attached hydrogen (secondary N) is 3. The van der Waals surface area contributed by atoms with Crippen molar-refractivity contribution in [3.63, 3.8) is 0 Å². The number of aromatic nitrogens is 3. The molecule has 0 spiro atoms. The quantitative estimate of drug-likeness (QED) is 0.553. The fourth-order valence-electron chi connectivity index (χ4n) is 2.34. The molecule has 1 atom stereocenters. The summed E-state index contributed by atoms with van der Waals surface area (Å²) in [5, 5.41) is 3.89. The minimum atomic E-state index is -0.159. The van der Waals surface area contributed by atoms with Crippen LogP contribution in [0.25, 0.3) is 10.9 Å². The zero-order chi connectivity index (χ0) is 14.8. The van der Waals surface area contributed by atoms with Gasteiger partial charge in [0.1, 0.15) is 11.5 Å². The van der Waals surface area contributed by atoms with Crippen LogP contribution in [-0.2, 0) is 0 Å². The highest BCUT2D eigenvalue weighted by atomic mass is 16.1. The summed E-state index contributed by atoms with van der Waals surface area (Å²) in [7, 11) is 0. The highest BCUT2D eigenvalue weighted by molar-refractivity contribution is 5.98. The number of nitrogens with two attached hydrogens (primary N) is 1. The van der Waals surface area contributed by atoms with Gasteiger partial charge < -0.3 is 21.0 Å².